The van der Waals surface area contributed by atoms with E-state index in [1.165, 1.54) is 0 Å². The van der Waals surface area contributed by atoms with Crippen molar-refractivity contribution in [2.24, 2.45) is 0 Å². The number of ether oxygens (including phenoxy) is 4. The SMILES string of the molecule is CC1(C)O[C@H]2O[C@H]([C@H](O)COC(=O)c3ccccc3)[C@H](O)[C@H]2O1. The number of aliphatic hydroxyl groups excluding tert-OH is 2. The summed E-state index contributed by atoms with van der Waals surface area (Å²) in [4.78, 5) is 11.8. The molecule has 7 nitrogen and oxygen atoms in total. The van der Waals surface area contributed by atoms with Crippen LogP contribution in [-0.4, -0.2) is 59.3 Å². The minimum atomic E-state index is -1.18. The smallest absolute Gasteiger partial charge is 0.338 e. The number of fused-ring (bicyclic) bond motifs is 1. The molecule has 126 valence electrons. The van der Waals surface area contributed by atoms with Crippen LogP contribution in [0.15, 0.2) is 30.3 Å². The van der Waals surface area contributed by atoms with Gasteiger partial charge >= 0.3 is 5.97 Å². The van der Waals surface area contributed by atoms with Gasteiger partial charge in [0.2, 0.25) is 0 Å². The highest BCUT2D eigenvalue weighted by Crippen LogP contribution is 2.38. The summed E-state index contributed by atoms with van der Waals surface area (Å²) < 4.78 is 21.6. The van der Waals surface area contributed by atoms with Crippen molar-refractivity contribution in [1.82, 2.24) is 0 Å². The van der Waals surface area contributed by atoms with E-state index in [-0.39, 0.29) is 6.61 Å². The first-order valence-electron chi connectivity index (χ1n) is 7.47. The Morgan fingerprint density at radius 2 is 2.00 bits per heavy atom. The Bertz CT molecular complexity index is 559. The second-order valence-electron chi connectivity index (χ2n) is 6.09. The summed E-state index contributed by atoms with van der Waals surface area (Å²) in [5, 5.41) is 20.3. The highest BCUT2D eigenvalue weighted by atomic mass is 16.8. The highest BCUT2D eigenvalue weighted by Gasteiger charge is 2.56. The lowest BCUT2D eigenvalue weighted by molar-refractivity contribution is -0.227. The molecule has 0 aliphatic carbocycles. The monoisotopic (exact) mass is 324 g/mol. The average molecular weight is 324 g/mol. The zero-order chi connectivity index (χ0) is 16.6. The maximum Gasteiger partial charge on any atom is 0.338 e. The fraction of sp³-hybridized carbons (Fsp3) is 0.562. The molecular formula is C16H20O7. The van der Waals surface area contributed by atoms with Gasteiger partial charge in [0.25, 0.3) is 0 Å². The molecule has 2 fully saturated rings. The van der Waals surface area contributed by atoms with Crippen LogP contribution in [0.5, 0.6) is 0 Å². The van der Waals surface area contributed by atoms with Crippen molar-refractivity contribution >= 4 is 5.97 Å². The first kappa shape index (κ1) is 16.4. The fourth-order valence-electron chi connectivity index (χ4n) is 2.75. The number of rotatable bonds is 4. The standard InChI is InChI=1S/C16H20O7/c1-16(2)22-13-11(18)12(21-15(13)23-16)10(17)8-20-14(19)9-6-4-3-5-7-9/h3-7,10-13,15,17-18H,8H2,1-2H3/t10-,11+,12-,13-,15-/m1/s1. The number of hydrogen-bond donors (Lipinski definition) is 2. The van der Waals surface area contributed by atoms with Crippen LogP contribution < -0.4 is 0 Å². The molecule has 0 radical (unpaired) electrons. The number of hydrogen-bond acceptors (Lipinski definition) is 7. The van der Waals surface area contributed by atoms with E-state index >= 15 is 0 Å². The molecule has 2 aliphatic rings. The second kappa shape index (κ2) is 6.18. The second-order valence-corrected chi connectivity index (χ2v) is 6.09. The van der Waals surface area contributed by atoms with E-state index < -0.39 is 42.5 Å². The third-order valence-corrected chi connectivity index (χ3v) is 3.83. The summed E-state index contributed by atoms with van der Waals surface area (Å²) in [6, 6.07) is 8.45. The third kappa shape index (κ3) is 3.39. The van der Waals surface area contributed by atoms with Gasteiger partial charge in [0.15, 0.2) is 12.1 Å². The lowest BCUT2D eigenvalue weighted by Crippen LogP contribution is -2.43. The van der Waals surface area contributed by atoms with Crippen LogP contribution in [0, 0.1) is 0 Å². The molecule has 5 atom stereocenters. The normalized spacial score (nSPS) is 33.2. The molecule has 1 aromatic rings. The van der Waals surface area contributed by atoms with Crippen LogP contribution in [0.1, 0.15) is 24.2 Å². The van der Waals surface area contributed by atoms with Crippen LogP contribution in [0.4, 0.5) is 0 Å². The summed E-state index contributed by atoms with van der Waals surface area (Å²) in [5.41, 5.74) is 0.387. The topological polar surface area (TPSA) is 94.5 Å². The largest absolute Gasteiger partial charge is 0.459 e. The first-order valence-corrected chi connectivity index (χ1v) is 7.47. The molecule has 2 heterocycles. The van der Waals surface area contributed by atoms with Crippen LogP contribution in [-0.2, 0) is 18.9 Å². The lowest BCUT2D eigenvalue weighted by Gasteiger charge is -2.25. The number of carbonyl (C=O) groups excluding carboxylic acids is 1. The van der Waals surface area contributed by atoms with Gasteiger partial charge in [-0.05, 0) is 26.0 Å². The molecule has 0 saturated carbocycles. The third-order valence-electron chi connectivity index (χ3n) is 3.83. The highest BCUT2D eigenvalue weighted by molar-refractivity contribution is 5.89. The molecule has 7 heteroatoms. The maximum atomic E-state index is 11.8. The zero-order valence-electron chi connectivity index (χ0n) is 12.9. The van der Waals surface area contributed by atoms with Gasteiger partial charge in [-0.15, -0.1) is 0 Å². The molecule has 0 spiro atoms. The van der Waals surface area contributed by atoms with Gasteiger partial charge < -0.3 is 29.2 Å². The number of carbonyl (C=O) groups is 1. The van der Waals surface area contributed by atoms with Crippen LogP contribution in [0.3, 0.4) is 0 Å². The minimum absolute atomic E-state index is 0.293. The quantitative estimate of drug-likeness (QED) is 0.776. The minimum Gasteiger partial charge on any atom is -0.459 e. The summed E-state index contributed by atoms with van der Waals surface area (Å²) >= 11 is 0. The van der Waals surface area contributed by atoms with E-state index in [9.17, 15) is 15.0 Å². The van der Waals surface area contributed by atoms with Crippen molar-refractivity contribution in [2.75, 3.05) is 6.61 Å². The summed E-state index contributed by atoms with van der Waals surface area (Å²) in [6.07, 6.45) is -4.60. The van der Waals surface area contributed by atoms with E-state index in [2.05, 4.69) is 0 Å². The number of esters is 1. The van der Waals surface area contributed by atoms with E-state index in [4.69, 9.17) is 18.9 Å². The Kier molecular flexibility index (Phi) is 4.39. The Morgan fingerprint density at radius 3 is 2.65 bits per heavy atom. The number of aliphatic hydroxyl groups is 2. The van der Waals surface area contributed by atoms with Gasteiger partial charge in [0.05, 0.1) is 5.56 Å². The predicted molar refractivity (Wildman–Crippen MR) is 77.4 cm³/mol. The van der Waals surface area contributed by atoms with Crippen LogP contribution in [0.25, 0.3) is 0 Å². The van der Waals surface area contributed by atoms with Crippen LogP contribution >= 0.6 is 0 Å². The van der Waals surface area contributed by atoms with Gasteiger partial charge in [0, 0.05) is 0 Å². The predicted octanol–water partition coefficient (Wildman–Crippen LogP) is 0.442. The van der Waals surface area contributed by atoms with Crippen molar-refractivity contribution in [3.05, 3.63) is 35.9 Å². The molecular weight excluding hydrogens is 304 g/mol. The molecule has 0 unspecified atom stereocenters. The molecule has 3 rings (SSSR count). The summed E-state index contributed by atoms with van der Waals surface area (Å²) in [6.45, 7) is 3.14. The Labute approximate surface area is 133 Å². The van der Waals surface area contributed by atoms with Gasteiger partial charge in [-0.1, -0.05) is 18.2 Å². The van der Waals surface area contributed by atoms with E-state index in [1.807, 2.05) is 0 Å². The summed E-state index contributed by atoms with van der Waals surface area (Å²) in [5.74, 6) is -1.39. The summed E-state index contributed by atoms with van der Waals surface area (Å²) in [7, 11) is 0. The molecule has 0 amide bonds. The molecule has 0 bridgehead atoms. The molecule has 0 aromatic heterocycles. The van der Waals surface area contributed by atoms with E-state index in [0.717, 1.165) is 0 Å². The maximum absolute atomic E-state index is 11.8. The number of benzene rings is 1. The van der Waals surface area contributed by atoms with E-state index in [0.29, 0.717) is 5.56 Å². The molecule has 2 aliphatic heterocycles. The van der Waals surface area contributed by atoms with Crippen molar-refractivity contribution in [3.8, 4) is 0 Å². The molecule has 2 N–H and O–H groups in total. The van der Waals surface area contributed by atoms with Gasteiger partial charge in [-0.2, -0.15) is 0 Å². The van der Waals surface area contributed by atoms with Crippen LogP contribution in [0.2, 0.25) is 0 Å². The zero-order valence-corrected chi connectivity index (χ0v) is 12.9. The molecule has 2 saturated heterocycles. The van der Waals surface area contributed by atoms with Gasteiger partial charge in [-0.3, -0.25) is 0 Å². The van der Waals surface area contributed by atoms with E-state index in [1.54, 1.807) is 44.2 Å². The molecule has 1 aromatic carbocycles. The Morgan fingerprint density at radius 1 is 1.30 bits per heavy atom. The van der Waals surface area contributed by atoms with Crippen molar-refractivity contribution in [3.63, 3.8) is 0 Å². The molecule has 23 heavy (non-hydrogen) atoms. The Balaban J connectivity index is 1.54. The Hall–Kier alpha value is -1.51. The lowest BCUT2D eigenvalue weighted by atomic mass is 10.1. The average Bonchev–Trinajstić information content (AvgIpc) is 2.99. The van der Waals surface area contributed by atoms with Gasteiger partial charge in [-0.25, -0.2) is 4.79 Å². The fourth-order valence-corrected chi connectivity index (χ4v) is 2.75. The first-order chi connectivity index (χ1) is 10.9. The van der Waals surface area contributed by atoms with Crippen molar-refractivity contribution < 1.29 is 34.0 Å². The van der Waals surface area contributed by atoms with Crippen molar-refractivity contribution in [2.45, 2.75) is 50.3 Å². The van der Waals surface area contributed by atoms with Gasteiger partial charge in [0.1, 0.15) is 31.0 Å². The van der Waals surface area contributed by atoms with Crippen molar-refractivity contribution in [1.29, 1.82) is 0 Å².